The van der Waals surface area contributed by atoms with Crippen molar-refractivity contribution in [3.8, 4) is 5.75 Å². The lowest BCUT2D eigenvalue weighted by Gasteiger charge is -2.06. The Morgan fingerprint density at radius 3 is 2.69 bits per heavy atom. The Morgan fingerprint density at radius 2 is 2.06 bits per heavy atom. The number of hydrogen-bond donors (Lipinski definition) is 2. The second-order valence-electron chi connectivity index (χ2n) is 3.99. The first-order valence-corrected chi connectivity index (χ1v) is 5.66. The van der Waals surface area contributed by atoms with Gasteiger partial charge in [-0.2, -0.15) is 0 Å². The Bertz CT molecular complexity index is 358. The van der Waals surface area contributed by atoms with E-state index in [1.807, 2.05) is 0 Å². The van der Waals surface area contributed by atoms with Crippen molar-refractivity contribution in [1.29, 1.82) is 0 Å². The van der Waals surface area contributed by atoms with Crippen molar-refractivity contribution in [3.63, 3.8) is 0 Å². The lowest BCUT2D eigenvalue weighted by molar-refractivity contribution is -0.136. The van der Waals surface area contributed by atoms with Gasteiger partial charge in [-0.1, -0.05) is 31.9 Å². The molecule has 0 bridgehead atoms. The molecule has 1 rings (SSSR count). The summed E-state index contributed by atoms with van der Waals surface area (Å²) >= 11 is 0. The van der Waals surface area contributed by atoms with Crippen molar-refractivity contribution in [2.75, 3.05) is 0 Å². The average molecular weight is 222 g/mol. The molecule has 0 atom stereocenters. The van der Waals surface area contributed by atoms with Gasteiger partial charge in [0.2, 0.25) is 0 Å². The third-order valence-electron chi connectivity index (χ3n) is 2.55. The molecule has 0 aromatic heterocycles. The minimum Gasteiger partial charge on any atom is -0.508 e. The van der Waals surface area contributed by atoms with Crippen molar-refractivity contribution in [2.45, 2.75) is 39.0 Å². The monoisotopic (exact) mass is 222 g/mol. The van der Waals surface area contributed by atoms with Crippen LogP contribution in [0.4, 0.5) is 0 Å². The highest BCUT2D eigenvalue weighted by atomic mass is 16.4. The van der Waals surface area contributed by atoms with Crippen LogP contribution < -0.4 is 0 Å². The van der Waals surface area contributed by atoms with Crippen LogP contribution in [0.5, 0.6) is 5.75 Å². The summed E-state index contributed by atoms with van der Waals surface area (Å²) in [5.74, 6) is -0.574. The normalized spacial score (nSPS) is 10.3. The fourth-order valence-electron chi connectivity index (χ4n) is 1.69. The third-order valence-corrected chi connectivity index (χ3v) is 2.55. The van der Waals surface area contributed by atoms with Crippen LogP contribution in [0, 0.1) is 0 Å². The van der Waals surface area contributed by atoms with Crippen LogP contribution in [0.25, 0.3) is 0 Å². The van der Waals surface area contributed by atoms with E-state index in [1.54, 1.807) is 18.2 Å². The Hall–Kier alpha value is -1.51. The largest absolute Gasteiger partial charge is 0.508 e. The Labute approximate surface area is 95.7 Å². The molecule has 0 fully saturated rings. The minimum absolute atomic E-state index is 0.0149. The van der Waals surface area contributed by atoms with Crippen LogP contribution in [0.2, 0.25) is 0 Å². The van der Waals surface area contributed by atoms with Crippen LogP contribution in [-0.4, -0.2) is 16.2 Å². The van der Waals surface area contributed by atoms with Gasteiger partial charge in [-0.25, -0.2) is 0 Å². The number of aromatic hydroxyl groups is 1. The number of carbonyl (C=O) groups is 1. The summed E-state index contributed by atoms with van der Waals surface area (Å²) in [7, 11) is 0. The summed E-state index contributed by atoms with van der Waals surface area (Å²) in [5, 5.41) is 18.3. The van der Waals surface area contributed by atoms with Crippen molar-refractivity contribution >= 4 is 5.97 Å². The van der Waals surface area contributed by atoms with Crippen molar-refractivity contribution in [1.82, 2.24) is 0 Å². The molecule has 0 saturated carbocycles. The Balaban J connectivity index is 2.70. The maximum Gasteiger partial charge on any atom is 0.307 e. The van der Waals surface area contributed by atoms with E-state index in [4.69, 9.17) is 5.11 Å². The van der Waals surface area contributed by atoms with E-state index in [2.05, 4.69) is 6.92 Å². The quantitative estimate of drug-likeness (QED) is 0.727. The van der Waals surface area contributed by atoms with Gasteiger partial charge in [0.1, 0.15) is 5.75 Å². The number of hydrogen-bond acceptors (Lipinski definition) is 2. The topological polar surface area (TPSA) is 57.5 Å². The maximum atomic E-state index is 10.6. The highest BCUT2D eigenvalue weighted by Crippen LogP contribution is 2.21. The van der Waals surface area contributed by atoms with Crippen LogP contribution >= 0.6 is 0 Å². The lowest BCUT2D eigenvalue weighted by atomic mass is 10.0. The summed E-state index contributed by atoms with van der Waals surface area (Å²) in [5.41, 5.74) is 1.60. The van der Waals surface area contributed by atoms with Gasteiger partial charge in [-0.3, -0.25) is 4.79 Å². The molecule has 3 heteroatoms. The van der Waals surface area contributed by atoms with Crippen molar-refractivity contribution in [2.24, 2.45) is 0 Å². The summed E-state index contributed by atoms with van der Waals surface area (Å²) < 4.78 is 0. The van der Waals surface area contributed by atoms with E-state index >= 15 is 0 Å². The van der Waals surface area contributed by atoms with Crippen LogP contribution in [-0.2, 0) is 17.6 Å². The third kappa shape index (κ3) is 3.93. The van der Waals surface area contributed by atoms with Gasteiger partial charge in [-0.15, -0.1) is 0 Å². The van der Waals surface area contributed by atoms with Crippen LogP contribution in [0.15, 0.2) is 18.2 Å². The molecule has 2 N–H and O–H groups in total. The molecule has 1 aromatic carbocycles. The SMILES string of the molecule is CCCCCc1cc(CC(=O)O)ccc1O. The van der Waals surface area contributed by atoms with Gasteiger partial charge in [0.25, 0.3) is 0 Å². The maximum absolute atomic E-state index is 10.6. The summed E-state index contributed by atoms with van der Waals surface area (Å²) in [6.45, 7) is 2.13. The number of carboxylic acids is 1. The number of benzene rings is 1. The predicted molar refractivity (Wildman–Crippen MR) is 62.7 cm³/mol. The Kier molecular flexibility index (Phi) is 4.83. The molecule has 1 aromatic rings. The minimum atomic E-state index is -0.842. The predicted octanol–water partition coefficient (Wildman–Crippen LogP) is 2.75. The second-order valence-corrected chi connectivity index (χ2v) is 3.99. The molecule has 0 saturated heterocycles. The van der Waals surface area contributed by atoms with Gasteiger partial charge < -0.3 is 10.2 Å². The molecule has 0 amide bonds. The van der Waals surface area contributed by atoms with E-state index in [-0.39, 0.29) is 12.2 Å². The standard InChI is InChI=1S/C13H18O3/c1-2-3-4-5-11-8-10(9-13(15)16)6-7-12(11)14/h6-8,14H,2-5,9H2,1H3,(H,15,16). The molecule has 16 heavy (non-hydrogen) atoms. The van der Waals surface area contributed by atoms with Gasteiger partial charge in [0.15, 0.2) is 0 Å². The highest BCUT2D eigenvalue weighted by molar-refractivity contribution is 5.70. The van der Waals surface area contributed by atoms with E-state index in [1.165, 1.54) is 0 Å². The number of aryl methyl sites for hydroxylation is 1. The molecule has 0 aliphatic rings. The number of rotatable bonds is 6. The second kappa shape index (κ2) is 6.16. The van der Waals surface area contributed by atoms with Gasteiger partial charge in [0.05, 0.1) is 6.42 Å². The Morgan fingerprint density at radius 1 is 1.31 bits per heavy atom. The summed E-state index contributed by atoms with van der Waals surface area (Å²) in [4.78, 5) is 10.6. The van der Waals surface area contributed by atoms with E-state index in [0.717, 1.165) is 36.8 Å². The average Bonchev–Trinajstić information content (AvgIpc) is 2.22. The van der Waals surface area contributed by atoms with Crippen LogP contribution in [0.1, 0.15) is 37.3 Å². The molecular weight excluding hydrogens is 204 g/mol. The molecule has 3 nitrogen and oxygen atoms in total. The number of phenolic OH excluding ortho intramolecular Hbond substituents is 1. The first kappa shape index (κ1) is 12.6. The number of aliphatic carboxylic acids is 1. The lowest BCUT2D eigenvalue weighted by Crippen LogP contribution is -2.00. The van der Waals surface area contributed by atoms with Crippen molar-refractivity contribution < 1.29 is 15.0 Å². The fraction of sp³-hybridized carbons (Fsp3) is 0.462. The number of unbranched alkanes of at least 4 members (excludes halogenated alkanes) is 2. The van der Waals surface area contributed by atoms with Gasteiger partial charge in [0, 0.05) is 0 Å². The molecular formula is C13H18O3. The molecule has 0 aliphatic heterocycles. The molecule has 0 aliphatic carbocycles. The zero-order valence-electron chi connectivity index (χ0n) is 9.57. The van der Waals surface area contributed by atoms with Gasteiger partial charge in [-0.05, 0) is 30.0 Å². The van der Waals surface area contributed by atoms with E-state index in [0.29, 0.717) is 0 Å². The highest BCUT2D eigenvalue weighted by Gasteiger charge is 2.05. The fourth-order valence-corrected chi connectivity index (χ4v) is 1.69. The van der Waals surface area contributed by atoms with E-state index < -0.39 is 5.97 Å². The van der Waals surface area contributed by atoms with E-state index in [9.17, 15) is 9.90 Å². The molecule has 0 spiro atoms. The number of carboxylic acid groups (broad SMARTS) is 1. The number of phenols is 1. The molecule has 0 unspecified atom stereocenters. The summed E-state index contributed by atoms with van der Waals surface area (Å²) in [6.07, 6.45) is 4.12. The first-order valence-electron chi connectivity index (χ1n) is 5.66. The smallest absolute Gasteiger partial charge is 0.307 e. The molecule has 88 valence electrons. The zero-order valence-corrected chi connectivity index (χ0v) is 9.57. The van der Waals surface area contributed by atoms with Gasteiger partial charge >= 0.3 is 5.97 Å². The van der Waals surface area contributed by atoms with Crippen LogP contribution in [0.3, 0.4) is 0 Å². The van der Waals surface area contributed by atoms with Crippen molar-refractivity contribution in [3.05, 3.63) is 29.3 Å². The molecule has 0 heterocycles. The zero-order chi connectivity index (χ0) is 12.0. The summed E-state index contributed by atoms with van der Waals surface area (Å²) in [6, 6.07) is 5.03. The molecule has 0 radical (unpaired) electrons. The first-order chi connectivity index (χ1) is 7.63.